The van der Waals surface area contributed by atoms with Crippen molar-refractivity contribution in [3.05, 3.63) is 22.4 Å². The molecule has 2 atom stereocenters. The molecule has 0 spiro atoms. The van der Waals surface area contributed by atoms with Crippen LogP contribution in [0.15, 0.2) is 21.5 Å². The average molecular weight is 355 g/mol. The minimum absolute atomic E-state index is 0.0188. The van der Waals surface area contributed by atoms with Crippen molar-refractivity contribution >= 4 is 31.6 Å². The van der Waals surface area contributed by atoms with E-state index >= 15 is 0 Å². The molecule has 0 aromatic heterocycles. The number of hydrogen-bond acceptors (Lipinski definition) is 4. The molecule has 2 unspecified atom stereocenters. The normalized spacial score (nSPS) is 15.2. The van der Waals surface area contributed by atoms with Gasteiger partial charge in [0.1, 0.15) is 10.7 Å². The van der Waals surface area contributed by atoms with Crippen molar-refractivity contribution in [2.75, 3.05) is 5.73 Å². The molecular formula is C11H16BrFN2O3S. The van der Waals surface area contributed by atoms with Crippen molar-refractivity contribution in [3.8, 4) is 0 Å². The monoisotopic (exact) mass is 354 g/mol. The molecule has 0 fully saturated rings. The van der Waals surface area contributed by atoms with Crippen molar-refractivity contribution in [2.45, 2.75) is 37.3 Å². The van der Waals surface area contributed by atoms with Gasteiger partial charge in [0.25, 0.3) is 0 Å². The number of rotatable bonds is 5. The molecule has 108 valence electrons. The first kappa shape index (κ1) is 16.4. The van der Waals surface area contributed by atoms with Gasteiger partial charge in [-0.3, -0.25) is 0 Å². The van der Waals surface area contributed by atoms with E-state index < -0.39 is 28.0 Å². The van der Waals surface area contributed by atoms with Gasteiger partial charge in [0.15, 0.2) is 0 Å². The summed E-state index contributed by atoms with van der Waals surface area (Å²) in [6.07, 6.45) is -0.364. The number of nitrogens with one attached hydrogen (secondary N) is 1. The summed E-state index contributed by atoms with van der Waals surface area (Å²) < 4.78 is 39.8. The summed E-state index contributed by atoms with van der Waals surface area (Å²) in [5.74, 6) is -0.631. The average Bonchev–Trinajstić information content (AvgIpc) is 2.20. The largest absolute Gasteiger partial charge is 0.398 e. The lowest BCUT2D eigenvalue weighted by Gasteiger charge is -2.16. The summed E-state index contributed by atoms with van der Waals surface area (Å²) in [4.78, 5) is -0.196. The molecule has 1 aromatic rings. The van der Waals surface area contributed by atoms with E-state index in [0.29, 0.717) is 0 Å². The molecule has 8 heteroatoms. The summed E-state index contributed by atoms with van der Waals surface area (Å²) in [6.45, 7) is 3.19. The van der Waals surface area contributed by atoms with Crippen LogP contribution in [-0.4, -0.2) is 25.7 Å². The molecule has 0 aliphatic carbocycles. The summed E-state index contributed by atoms with van der Waals surface area (Å²) in [5.41, 5.74) is 5.35. The Balaban J connectivity index is 3.04. The van der Waals surface area contributed by atoms with Gasteiger partial charge in [-0.15, -0.1) is 0 Å². The Morgan fingerprint density at radius 1 is 1.47 bits per heavy atom. The highest BCUT2D eigenvalue weighted by atomic mass is 79.9. The number of nitrogen functional groups attached to an aromatic ring is 1. The van der Waals surface area contributed by atoms with Crippen LogP contribution in [0.2, 0.25) is 0 Å². The maximum Gasteiger partial charge on any atom is 0.242 e. The molecule has 19 heavy (non-hydrogen) atoms. The highest BCUT2D eigenvalue weighted by molar-refractivity contribution is 9.10. The van der Waals surface area contributed by atoms with Gasteiger partial charge in [0, 0.05) is 6.04 Å². The molecule has 0 saturated carbocycles. The number of sulfonamides is 1. The maximum absolute atomic E-state index is 13.2. The predicted octanol–water partition coefficient (Wildman–Crippen LogP) is 1.61. The number of aliphatic hydroxyl groups is 1. The van der Waals surface area contributed by atoms with E-state index in [1.165, 1.54) is 0 Å². The number of hydrogen-bond donors (Lipinski definition) is 3. The Kier molecular flexibility index (Phi) is 5.31. The van der Waals surface area contributed by atoms with Gasteiger partial charge in [-0.1, -0.05) is 0 Å². The van der Waals surface area contributed by atoms with Crippen LogP contribution in [-0.2, 0) is 10.0 Å². The van der Waals surface area contributed by atoms with Gasteiger partial charge in [-0.2, -0.15) is 0 Å². The Hall–Kier alpha value is -0.700. The lowest BCUT2D eigenvalue weighted by Crippen LogP contribution is -2.35. The Bertz CT molecular complexity index is 563. The minimum Gasteiger partial charge on any atom is -0.398 e. The zero-order valence-corrected chi connectivity index (χ0v) is 12.9. The van der Waals surface area contributed by atoms with Crippen molar-refractivity contribution in [1.29, 1.82) is 0 Å². The van der Waals surface area contributed by atoms with Crippen LogP contribution in [0.25, 0.3) is 0 Å². The van der Waals surface area contributed by atoms with E-state index in [1.54, 1.807) is 13.8 Å². The Labute approximate surface area is 120 Å². The van der Waals surface area contributed by atoms with Crippen molar-refractivity contribution in [2.24, 2.45) is 0 Å². The highest BCUT2D eigenvalue weighted by Crippen LogP contribution is 2.26. The number of benzene rings is 1. The fourth-order valence-electron chi connectivity index (χ4n) is 1.66. The smallest absolute Gasteiger partial charge is 0.242 e. The summed E-state index contributed by atoms with van der Waals surface area (Å²) in [7, 11) is -3.86. The van der Waals surface area contributed by atoms with Crippen molar-refractivity contribution < 1.29 is 17.9 Å². The van der Waals surface area contributed by atoms with Gasteiger partial charge in [-0.05, 0) is 48.3 Å². The summed E-state index contributed by atoms with van der Waals surface area (Å²) >= 11 is 2.92. The highest BCUT2D eigenvalue weighted by Gasteiger charge is 2.22. The molecule has 0 amide bonds. The Morgan fingerprint density at radius 3 is 2.58 bits per heavy atom. The summed E-state index contributed by atoms with van der Waals surface area (Å²) in [5, 5.41) is 9.21. The lowest BCUT2D eigenvalue weighted by molar-refractivity contribution is 0.175. The van der Waals surface area contributed by atoms with E-state index in [4.69, 9.17) is 5.73 Å². The quantitative estimate of drug-likeness (QED) is 0.700. The number of aliphatic hydroxyl groups excluding tert-OH is 1. The van der Waals surface area contributed by atoms with Gasteiger partial charge < -0.3 is 10.8 Å². The molecule has 0 radical (unpaired) electrons. The first-order valence-electron chi connectivity index (χ1n) is 5.58. The third-order valence-electron chi connectivity index (χ3n) is 2.39. The molecule has 4 N–H and O–H groups in total. The zero-order valence-electron chi connectivity index (χ0n) is 10.5. The standard InChI is InChI=1S/C11H16BrFN2O3S/c1-6(3-7(2)16)15-19(17,18)11-4-8(12)9(13)5-10(11)14/h4-7,15-16H,3,14H2,1-2H3. The van der Waals surface area contributed by atoms with Crippen LogP contribution in [0.1, 0.15) is 20.3 Å². The van der Waals surface area contributed by atoms with Crippen LogP contribution in [0.5, 0.6) is 0 Å². The lowest BCUT2D eigenvalue weighted by atomic mass is 10.2. The van der Waals surface area contributed by atoms with Gasteiger partial charge in [0.2, 0.25) is 10.0 Å². The second-order valence-corrected chi connectivity index (χ2v) is 6.95. The van der Waals surface area contributed by atoms with Crippen LogP contribution in [0.4, 0.5) is 10.1 Å². The number of anilines is 1. The number of nitrogens with two attached hydrogens (primary N) is 1. The molecular weight excluding hydrogens is 339 g/mol. The Morgan fingerprint density at radius 2 is 2.05 bits per heavy atom. The molecule has 5 nitrogen and oxygen atoms in total. The van der Waals surface area contributed by atoms with E-state index in [-0.39, 0.29) is 21.5 Å². The van der Waals surface area contributed by atoms with Crippen LogP contribution in [0.3, 0.4) is 0 Å². The minimum atomic E-state index is -3.86. The zero-order chi connectivity index (χ0) is 14.8. The first-order chi connectivity index (χ1) is 8.63. The van der Waals surface area contributed by atoms with Gasteiger partial charge >= 0.3 is 0 Å². The molecule has 1 aromatic carbocycles. The second-order valence-electron chi connectivity index (χ2n) is 4.41. The third-order valence-corrected chi connectivity index (χ3v) is 4.65. The van der Waals surface area contributed by atoms with Crippen molar-refractivity contribution in [3.63, 3.8) is 0 Å². The topological polar surface area (TPSA) is 92.4 Å². The third kappa shape index (κ3) is 4.41. The molecule has 0 saturated heterocycles. The predicted molar refractivity (Wildman–Crippen MR) is 74.6 cm³/mol. The van der Waals surface area contributed by atoms with Crippen molar-refractivity contribution in [1.82, 2.24) is 4.72 Å². The van der Waals surface area contributed by atoms with Crippen LogP contribution >= 0.6 is 15.9 Å². The van der Waals surface area contributed by atoms with E-state index in [0.717, 1.165) is 12.1 Å². The van der Waals surface area contributed by atoms with Crippen LogP contribution in [0, 0.1) is 5.82 Å². The van der Waals surface area contributed by atoms with Gasteiger partial charge in [-0.25, -0.2) is 17.5 Å². The van der Waals surface area contributed by atoms with E-state index in [2.05, 4.69) is 20.7 Å². The maximum atomic E-state index is 13.2. The molecule has 0 heterocycles. The number of halogens is 2. The fraction of sp³-hybridized carbons (Fsp3) is 0.455. The molecule has 0 bridgehead atoms. The first-order valence-corrected chi connectivity index (χ1v) is 7.86. The molecule has 0 aliphatic rings. The SMILES string of the molecule is CC(O)CC(C)NS(=O)(=O)c1cc(Br)c(F)cc1N. The molecule has 0 aliphatic heterocycles. The van der Waals surface area contributed by atoms with E-state index in [9.17, 15) is 17.9 Å². The van der Waals surface area contributed by atoms with Crippen LogP contribution < -0.4 is 10.5 Å². The molecule has 1 rings (SSSR count). The second kappa shape index (κ2) is 6.17. The van der Waals surface area contributed by atoms with E-state index in [1.807, 2.05) is 0 Å². The van der Waals surface area contributed by atoms with Gasteiger partial charge in [0.05, 0.1) is 16.3 Å². The fourth-order valence-corrected chi connectivity index (χ4v) is 3.55. The summed E-state index contributed by atoms with van der Waals surface area (Å²) in [6, 6.07) is 1.59.